The minimum absolute atomic E-state index is 0.0131. The second kappa shape index (κ2) is 7.54. The second-order valence-corrected chi connectivity index (χ2v) is 7.11. The molecule has 1 aliphatic heterocycles. The third-order valence-corrected chi connectivity index (χ3v) is 4.88. The summed E-state index contributed by atoms with van der Waals surface area (Å²) in [5.74, 6) is -0.855. The van der Waals surface area contributed by atoms with Crippen molar-refractivity contribution in [3.05, 3.63) is 33.7 Å². The Bertz CT molecular complexity index is 969. The number of ether oxygens (including phenoxy) is 1. The zero-order valence-electron chi connectivity index (χ0n) is 15.5. The highest BCUT2D eigenvalue weighted by Gasteiger charge is 2.36. The van der Waals surface area contributed by atoms with E-state index >= 15 is 0 Å². The quantitative estimate of drug-likeness (QED) is 0.699. The topological polar surface area (TPSA) is 120 Å². The Kier molecular flexibility index (Phi) is 5.44. The fraction of sp³-hybridized carbons (Fsp3) is 0.412. The lowest BCUT2D eigenvalue weighted by molar-refractivity contribution is -0.275. The summed E-state index contributed by atoms with van der Waals surface area (Å²) >= 11 is 6.20. The van der Waals surface area contributed by atoms with Gasteiger partial charge in [0.1, 0.15) is 16.7 Å². The Morgan fingerprint density at radius 3 is 2.69 bits per heavy atom. The maximum absolute atomic E-state index is 12.8. The molecule has 2 aromatic heterocycles. The van der Waals surface area contributed by atoms with Gasteiger partial charge in [-0.2, -0.15) is 4.98 Å². The van der Waals surface area contributed by atoms with Crippen molar-refractivity contribution in [3.8, 4) is 5.75 Å². The Morgan fingerprint density at radius 2 is 2.07 bits per heavy atom. The molecule has 156 valence electrons. The van der Waals surface area contributed by atoms with Crippen molar-refractivity contribution in [1.82, 2.24) is 15.0 Å². The van der Waals surface area contributed by atoms with Crippen molar-refractivity contribution < 1.29 is 22.7 Å². The number of nitrogens with two attached hydrogens (primary N) is 2. The molecule has 3 rings (SSSR count). The second-order valence-electron chi connectivity index (χ2n) is 6.75. The Balaban J connectivity index is 1.98. The Morgan fingerprint density at radius 1 is 1.38 bits per heavy atom. The first-order valence-corrected chi connectivity index (χ1v) is 8.91. The number of halogens is 4. The fourth-order valence-electron chi connectivity index (χ4n) is 3.40. The summed E-state index contributed by atoms with van der Waals surface area (Å²) < 4.78 is 42.4. The van der Waals surface area contributed by atoms with E-state index < -0.39 is 12.3 Å². The van der Waals surface area contributed by atoms with Crippen LogP contribution in [0.3, 0.4) is 0 Å². The number of rotatable bonds is 5. The fourth-order valence-corrected chi connectivity index (χ4v) is 3.73. The highest BCUT2D eigenvalue weighted by atomic mass is 35.5. The summed E-state index contributed by atoms with van der Waals surface area (Å²) in [6.45, 7) is 3.39. The molecule has 2 aromatic rings. The lowest BCUT2D eigenvalue weighted by atomic mass is 10.0. The molecule has 0 aliphatic carbocycles. The molecule has 1 atom stereocenters. The van der Waals surface area contributed by atoms with Crippen LogP contribution in [-0.2, 0) is 11.3 Å². The number of pyridine rings is 1. The van der Waals surface area contributed by atoms with Crippen molar-refractivity contribution in [1.29, 1.82) is 0 Å². The molecule has 0 radical (unpaired) electrons. The largest absolute Gasteiger partial charge is 0.573 e. The van der Waals surface area contributed by atoms with Gasteiger partial charge in [0.15, 0.2) is 0 Å². The molecule has 0 spiro atoms. The molecular formula is C17H18ClF3N6O2. The number of fused-ring (bicyclic) bond motifs is 1. The standard InChI is InChI=1S/C17H18ClF3N6O2/c1-7-4-24-10(8(2)13(7)29-17(19,20)21)6-27-5-9(3-11(22)28)12-14(18)25-16(23)26-15(12)27/h4,9H,3,5-6H2,1-2H3,(H2,22,28)(H2,23,25,26). The van der Waals surface area contributed by atoms with Gasteiger partial charge in [0.05, 0.1) is 12.2 Å². The summed E-state index contributed by atoms with van der Waals surface area (Å²) in [7, 11) is 0. The van der Waals surface area contributed by atoms with E-state index in [-0.39, 0.29) is 46.9 Å². The van der Waals surface area contributed by atoms with Gasteiger partial charge in [0, 0.05) is 41.8 Å². The third-order valence-electron chi connectivity index (χ3n) is 4.60. The van der Waals surface area contributed by atoms with Crippen LogP contribution in [0.25, 0.3) is 0 Å². The van der Waals surface area contributed by atoms with Crippen LogP contribution in [-0.4, -0.2) is 33.8 Å². The average Bonchev–Trinajstić information content (AvgIpc) is 2.90. The lowest BCUT2D eigenvalue weighted by Gasteiger charge is -2.21. The van der Waals surface area contributed by atoms with Crippen LogP contribution in [0, 0.1) is 13.8 Å². The molecule has 0 bridgehead atoms. The maximum atomic E-state index is 12.8. The molecule has 12 heteroatoms. The number of hydrogen-bond acceptors (Lipinski definition) is 7. The van der Waals surface area contributed by atoms with Crippen molar-refractivity contribution >= 4 is 29.3 Å². The molecular weight excluding hydrogens is 413 g/mol. The van der Waals surface area contributed by atoms with Crippen LogP contribution in [0.2, 0.25) is 5.15 Å². The zero-order valence-corrected chi connectivity index (χ0v) is 16.3. The average molecular weight is 431 g/mol. The molecule has 0 saturated heterocycles. The summed E-state index contributed by atoms with van der Waals surface area (Å²) in [4.78, 5) is 25.5. The van der Waals surface area contributed by atoms with Gasteiger partial charge in [-0.25, -0.2) is 4.98 Å². The van der Waals surface area contributed by atoms with Gasteiger partial charge in [-0.1, -0.05) is 11.6 Å². The van der Waals surface area contributed by atoms with Gasteiger partial charge in [0.25, 0.3) is 0 Å². The van der Waals surface area contributed by atoms with E-state index in [1.807, 2.05) is 0 Å². The molecule has 8 nitrogen and oxygen atoms in total. The minimum atomic E-state index is -4.82. The van der Waals surface area contributed by atoms with Crippen LogP contribution in [0.4, 0.5) is 24.9 Å². The molecule has 4 N–H and O–H groups in total. The minimum Gasteiger partial charge on any atom is -0.405 e. The van der Waals surface area contributed by atoms with E-state index in [4.69, 9.17) is 23.1 Å². The van der Waals surface area contributed by atoms with E-state index in [2.05, 4.69) is 19.7 Å². The summed E-state index contributed by atoms with van der Waals surface area (Å²) in [6, 6.07) is 0. The number of nitrogen functional groups attached to an aromatic ring is 1. The summed E-state index contributed by atoms with van der Waals surface area (Å²) in [6.07, 6.45) is -3.50. The molecule has 0 fully saturated rings. The van der Waals surface area contributed by atoms with Crippen molar-refractivity contribution in [3.63, 3.8) is 0 Å². The number of carbonyl (C=O) groups excluding carboxylic acids is 1. The van der Waals surface area contributed by atoms with E-state index in [9.17, 15) is 18.0 Å². The number of anilines is 2. The van der Waals surface area contributed by atoms with Crippen molar-refractivity contribution in [2.45, 2.75) is 39.1 Å². The lowest BCUT2D eigenvalue weighted by Crippen LogP contribution is -2.25. The first kappa shape index (κ1) is 20.9. The van der Waals surface area contributed by atoms with Gasteiger partial charge in [-0.3, -0.25) is 9.78 Å². The number of aryl methyl sites for hydroxylation is 1. The van der Waals surface area contributed by atoms with E-state index in [0.29, 0.717) is 23.6 Å². The highest BCUT2D eigenvalue weighted by Crippen LogP contribution is 2.42. The molecule has 1 aliphatic rings. The normalized spacial score (nSPS) is 16.1. The number of nitrogens with zero attached hydrogens (tertiary/aromatic N) is 4. The predicted octanol–water partition coefficient (Wildman–Crippen LogP) is 2.60. The highest BCUT2D eigenvalue weighted by molar-refractivity contribution is 6.30. The van der Waals surface area contributed by atoms with E-state index in [1.165, 1.54) is 20.0 Å². The SMILES string of the molecule is Cc1cnc(CN2CC(CC(N)=O)c3c(Cl)nc(N)nc32)c(C)c1OC(F)(F)F. The van der Waals surface area contributed by atoms with Gasteiger partial charge in [-0.15, -0.1) is 13.2 Å². The van der Waals surface area contributed by atoms with Crippen molar-refractivity contribution in [2.24, 2.45) is 5.73 Å². The van der Waals surface area contributed by atoms with E-state index in [1.54, 1.807) is 4.90 Å². The van der Waals surface area contributed by atoms with Crippen molar-refractivity contribution in [2.75, 3.05) is 17.2 Å². The number of amides is 1. The molecule has 29 heavy (non-hydrogen) atoms. The number of carbonyl (C=O) groups is 1. The van der Waals surface area contributed by atoms with Gasteiger partial charge in [0.2, 0.25) is 11.9 Å². The molecule has 0 aromatic carbocycles. The monoisotopic (exact) mass is 430 g/mol. The number of aromatic nitrogens is 3. The smallest absolute Gasteiger partial charge is 0.405 e. The molecule has 0 saturated carbocycles. The predicted molar refractivity (Wildman–Crippen MR) is 99.5 cm³/mol. The summed E-state index contributed by atoms with van der Waals surface area (Å²) in [5, 5.41) is 0.107. The van der Waals surface area contributed by atoms with Crippen LogP contribution < -0.4 is 21.1 Å². The van der Waals surface area contributed by atoms with Crippen LogP contribution >= 0.6 is 11.6 Å². The number of hydrogen-bond donors (Lipinski definition) is 2. The maximum Gasteiger partial charge on any atom is 0.573 e. The van der Waals surface area contributed by atoms with Crippen LogP contribution in [0.15, 0.2) is 6.20 Å². The Hall–Kier alpha value is -2.82. The molecule has 1 amide bonds. The van der Waals surface area contributed by atoms with Gasteiger partial charge >= 0.3 is 6.36 Å². The third kappa shape index (κ3) is 4.44. The van der Waals surface area contributed by atoms with Gasteiger partial charge < -0.3 is 21.1 Å². The first-order chi connectivity index (χ1) is 13.5. The van der Waals surface area contributed by atoms with Crippen LogP contribution in [0.1, 0.15) is 34.7 Å². The van der Waals surface area contributed by atoms with Crippen LogP contribution in [0.5, 0.6) is 5.75 Å². The molecule has 3 heterocycles. The molecule has 1 unspecified atom stereocenters. The number of alkyl halides is 3. The zero-order chi connectivity index (χ0) is 21.5. The van der Waals surface area contributed by atoms with Gasteiger partial charge in [-0.05, 0) is 13.8 Å². The number of primary amides is 1. The first-order valence-electron chi connectivity index (χ1n) is 8.53. The Labute approximate surface area is 169 Å². The van der Waals surface area contributed by atoms with E-state index in [0.717, 1.165) is 0 Å². The summed E-state index contributed by atoms with van der Waals surface area (Å²) in [5.41, 5.74) is 12.4.